The molecule has 0 bridgehead atoms. The van der Waals surface area contributed by atoms with Crippen LogP contribution in [0, 0.1) is 5.41 Å². The minimum absolute atomic E-state index is 0.0790. The summed E-state index contributed by atoms with van der Waals surface area (Å²) in [5.41, 5.74) is 2.97. The number of hydrogen-bond donors (Lipinski definition) is 1. The molecule has 1 heterocycles. The molecule has 0 spiro atoms. The van der Waals surface area contributed by atoms with Crippen molar-refractivity contribution in [2.75, 3.05) is 40.8 Å². The van der Waals surface area contributed by atoms with Crippen LogP contribution in [0.25, 0.3) is 0 Å². The number of amides is 2. The largest absolute Gasteiger partial charge is 0.378 e. The zero-order chi connectivity index (χ0) is 21.2. The van der Waals surface area contributed by atoms with Gasteiger partial charge in [0, 0.05) is 37.0 Å². The van der Waals surface area contributed by atoms with Gasteiger partial charge >= 0.3 is 0 Å². The van der Waals surface area contributed by atoms with Crippen molar-refractivity contribution in [2.24, 2.45) is 5.41 Å². The van der Waals surface area contributed by atoms with Gasteiger partial charge in [-0.25, -0.2) is 0 Å². The number of carbonyl (C=O) groups excluding carboxylic acids is 2. The monoisotopic (exact) mass is 431 g/mol. The van der Waals surface area contributed by atoms with Crippen molar-refractivity contribution in [2.45, 2.75) is 19.2 Å². The minimum Gasteiger partial charge on any atom is -0.378 e. The Labute approximate surface area is 181 Å². The highest BCUT2D eigenvalue weighted by molar-refractivity contribution is 8.00. The van der Waals surface area contributed by atoms with E-state index in [1.807, 2.05) is 86.3 Å². The lowest BCUT2D eigenvalue weighted by Crippen LogP contribution is -2.32. The number of carbonyl (C=O) groups is 2. The number of alkyl halides is 1. The third-order valence-corrected chi connectivity index (χ3v) is 6.77. The molecule has 0 aromatic heterocycles. The quantitative estimate of drug-likeness (QED) is 0.671. The van der Waals surface area contributed by atoms with Crippen molar-refractivity contribution < 1.29 is 9.59 Å². The van der Waals surface area contributed by atoms with Crippen LogP contribution in [0.4, 0.5) is 17.1 Å². The van der Waals surface area contributed by atoms with Crippen molar-refractivity contribution in [3.63, 3.8) is 0 Å². The van der Waals surface area contributed by atoms with Gasteiger partial charge in [-0.2, -0.15) is 0 Å². The van der Waals surface area contributed by atoms with Crippen LogP contribution >= 0.6 is 23.4 Å². The molecule has 154 valence electrons. The van der Waals surface area contributed by atoms with Gasteiger partial charge in [0.25, 0.3) is 0 Å². The van der Waals surface area contributed by atoms with Crippen LogP contribution in [-0.2, 0) is 9.59 Å². The Morgan fingerprint density at radius 1 is 1.24 bits per heavy atom. The van der Waals surface area contributed by atoms with Gasteiger partial charge in [0.15, 0.2) is 0 Å². The number of hydrogen-bond acceptors (Lipinski definition) is 4. The van der Waals surface area contributed by atoms with Crippen LogP contribution in [0.5, 0.6) is 0 Å². The van der Waals surface area contributed by atoms with Gasteiger partial charge in [0.05, 0.1) is 11.2 Å². The maximum atomic E-state index is 12.6. The summed E-state index contributed by atoms with van der Waals surface area (Å²) >= 11 is 7.50. The van der Waals surface area contributed by atoms with Crippen LogP contribution in [0.1, 0.15) is 24.8 Å². The first-order chi connectivity index (χ1) is 13.7. The summed E-state index contributed by atoms with van der Waals surface area (Å²) in [5, 5.41) is 2.81. The normalized spacial score (nSPS) is 16.8. The van der Waals surface area contributed by atoms with Crippen molar-refractivity contribution in [3.05, 3.63) is 54.1 Å². The second kappa shape index (κ2) is 8.67. The van der Waals surface area contributed by atoms with Crippen molar-refractivity contribution >= 4 is 52.2 Å². The van der Waals surface area contributed by atoms with Gasteiger partial charge in [0.2, 0.25) is 11.8 Å². The van der Waals surface area contributed by atoms with Gasteiger partial charge in [-0.3, -0.25) is 14.5 Å². The molecule has 0 radical (unpaired) electrons. The van der Waals surface area contributed by atoms with Crippen LogP contribution < -0.4 is 15.1 Å². The Hall–Kier alpha value is -2.18. The van der Waals surface area contributed by atoms with Gasteiger partial charge in [-0.15, -0.1) is 23.4 Å². The fraction of sp³-hybridized carbons (Fsp3) is 0.364. The van der Waals surface area contributed by atoms with Crippen LogP contribution in [0.15, 0.2) is 48.5 Å². The fourth-order valence-electron chi connectivity index (χ4n) is 2.99. The van der Waals surface area contributed by atoms with Gasteiger partial charge in [0.1, 0.15) is 5.37 Å². The van der Waals surface area contributed by atoms with Crippen molar-refractivity contribution in [1.82, 2.24) is 0 Å². The van der Waals surface area contributed by atoms with E-state index in [0.29, 0.717) is 11.4 Å². The standard InChI is InChI=1S/C22H26ClN3O2S/c1-22(2,14-23)21(28)24-16-7-5-6-15(12-16)20-26(19(27)13-29-20)18-10-8-17(9-11-18)25(3)4/h5-12,20H,13-14H2,1-4H3,(H,24,28)/t20-/m0/s1. The fourth-order valence-corrected chi connectivity index (χ4v) is 4.28. The molecule has 1 fully saturated rings. The third-order valence-electron chi connectivity index (χ3n) is 4.89. The van der Waals surface area contributed by atoms with E-state index in [1.165, 1.54) is 0 Å². The average molecular weight is 432 g/mol. The maximum Gasteiger partial charge on any atom is 0.238 e. The second-order valence-electron chi connectivity index (χ2n) is 7.94. The van der Waals surface area contributed by atoms with Crippen molar-refractivity contribution in [1.29, 1.82) is 0 Å². The molecule has 0 unspecified atom stereocenters. The molecule has 7 heteroatoms. The molecule has 2 aromatic carbocycles. The summed E-state index contributed by atoms with van der Waals surface area (Å²) in [4.78, 5) is 28.9. The molecule has 2 amide bonds. The first kappa shape index (κ1) is 21.5. The number of thioether (sulfide) groups is 1. The van der Waals surface area contributed by atoms with Crippen LogP contribution in [0.2, 0.25) is 0 Å². The topological polar surface area (TPSA) is 52.6 Å². The Morgan fingerprint density at radius 2 is 1.93 bits per heavy atom. The first-order valence-corrected chi connectivity index (χ1v) is 11.0. The lowest BCUT2D eigenvalue weighted by molar-refractivity contribution is -0.123. The van der Waals surface area contributed by atoms with E-state index >= 15 is 0 Å². The zero-order valence-corrected chi connectivity index (χ0v) is 18.7. The average Bonchev–Trinajstić information content (AvgIpc) is 3.09. The Balaban J connectivity index is 1.85. The Kier molecular flexibility index (Phi) is 6.44. The summed E-state index contributed by atoms with van der Waals surface area (Å²) in [7, 11) is 3.97. The summed E-state index contributed by atoms with van der Waals surface area (Å²) in [6.07, 6.45) is 0. The predicted octanol–water partition coefficient (Wildman–Crippen LogP) is 4.73. The lowest BCUT2D eigenvalue weighted by Gasteiger charge is -2.26. The molecule has 3 rings (SSSR count). The van der Waals surface area contributed by atoms with E-state index in [2.05, 4.69) is 5.32 Å². The number of benzene rings is 2. The van der Waals surface area contributed by atoms with E-state index < -0.39 is 5.41 Å². The van der Waals surface area contributed by atoms with Crippen LogP contribution in [-0.4, -0.2) is 37.5 Å². The molecule has 0 aliphatic carbocycles. The van der Waals surface area contributed by atoms with Gasteiger partial charge < -0.3 is 10.2 Å². The molecule has 1 aliphatic heterocycles. The molecule has 1 aliphatic rings. The maximum absolute atomic E-state index is 12.6. The highest BCUT2D eigenvalue weighted by Crippen LogP contribution is 2.42. The molecule has 2 aromatic rings. The van der Waals surface area contributed by atoms with Crippen molar-refractivity contribution in [3.8, 4) is 0 Å². The number of anilines is 3. The van der Waals surface area contributed by atoms with E-state index in [-0.39, 0.29) is 23.1 Å². The second-order valence-corrected chi connectivity index (χ2v) is 9.27. The summed E-state index contributed by atoms with van der Waals surface area (Å²) < 4.78 is 0. The minimum atomic E-state index is -0.657. The highest BCUT2D eigenvalue weighted by Gasteiger charge is 2.34. The van der Waals surface area contributed by atoms with E-state index in [0.717, 1.165) is 16.9 Å². The number of nitrogens with one attached hydrogen (secondary N) is 1. The molecule has 1 atom stereocenters. The molecule has 0 saturated carbocycles. The molecule has 1 saturated heterocycles. The number of nitrogens with zero attached hydrogens (tertiary/aromatic N) is 2. The number of rotatable bonds is 6. The summed E-state index contributed by atoms with van der Waals surface area (Å²) in [6, 6.07) is 15.6. The smallest absolute Gasteiger partial charge is 0.238 e. The Bertz CT molecular complexity index is 899. The molecular weight excluding hydrogens is 406 g/mol. The van der Waals surface area contributed by atoms with Gasteiger partial charge in [-0.05, 0) is 55.8 Å². The van der Waals surface area contributed by atoms with Gasteiger partial charge in [-0.1, -0.05) is 12.1 Å². The summed E-state index contributed by atoms with van der Waals surface area (Å²) in [5.74, 6) is 0.615. The zero-order valence-electron chi connectivity index (χ0n) is 17.1. The highest BCUT2D eigenvalue weighted by atomic mass is 35.5. The molecular formula is C22H26ClN3O2S. The molecule has 1 N–H and O–H groups in total. The molecule has 5 nitrogen and oxygen atoms in total. The predicted molar refractivity (Wildman–Crippen MR) is 123 cm³/mol. The SMILES string of the molecule is CN(C)c1ccc(N2C(=O)CS[C@H]2c2cccc(NC(=O)C(C)(C)CCl)c2)cc1. The Morgan fingerprint density at radius 3 is 2.55 bits per heavy atom. The van der Waals surface area contributed by atoms with Crippen LogP contribution in [0.3, 0.4) is 0 Å². The van der Waals surface area contributed by atoms with E-state index in [9.17, 15) is 9.59 Å². The van der Waals surface area contributed by atoms with E-state index in [4.69, 9.17) is 11.6 Å². The lowest BCUT2D eigenvalue weighted by atomic mass is 9.95. The third kappa shape index (κ3) is 4.70. The number of halogens is 1. The molecule has 29 heavy (non-hydrogen) atoms. The first-order valence-electron chi connectivity index (χ1n) is 9.41. The van der Waals surface area contributed by atoms with E-state index in [1.54, 1.807) is 11.8 Å². The summed E-state index contributed by atoms with van der Waals surface area (Å²) in [6.45, 7) is 3.62.